The van der Waals surface area contributed by atoms with E-state index in [0.717, 1.165) is 53.9 Å². The van der Waals surface area contributed by atoms with Gasteiger partial charge in [-0.15, -0.1) is 0 Å². The first-order valence-corrected chi connectivity index (χ1v) is 11.9. The molecule has 0 bridgehead atoms. The summed E-state index contributed by atoms with van der Waals surface area (Å²) in [7, 11) is 2.03. The molecule has 1 aliphatic heterocycles. The van der Waals surface area contributed by atoms with E-state index < -0.39 is 12.1 Å². The van der Waals surface area contributed by atoms with Gasteiger partial charge in [0.2, 0.25) is 0 Å². The van der Waals surface area contributed by atoms with Crippen molar-refractivity contribution in [3.63, 3.8) is 0 Å². The Morgan fingerprint density at radius 2 is 1.95 bits per heavy atom. The third-order valence-corrected chi connectivity index (χ3v) is 6.25. The summed E-state index contributed by atoms with van der Waals surface area (Å²) in [6.07, 6.45) is -1.95. The van der Waals surface area contributed by atoms with E-state index in [1.807, 2.05) is 31.4 Å². The van der Waals surface area contributed by atoms with E-state index in [9.17, 15) is 13.2 Å². The van der Waals surface area contributed by atoms with Gasteiger partial charge in [0.25, 0.3) is 0 Å². The van der Waals surface area contributed by atoms with E-state index in [0.29, 0.717) is 24.1 Å². The number of likely N-dealkylation sites (N-methyl/N-ethyl adjacent to an activating group) is 1. The highest BCUT2D eigenvalue weighted by molar-refractivity contribution is 5.94. The average molecular weight is 533 g/mol. The predicted molar refractivity (Wildman–Crippen MR) is 133 cm³/mol. The normalized spacial score (nSPS) is 16.0. The van der Waals surface area contributed by atoms with Crippen LogP contribution >= 0.6 is 0 Å². The number of nitrogens with one attached hydrogen (secondary N) is 1. The molecule has 5 rings (SSSR count). The maximum Gasteiger partial charge on any atom is 0.490 e. The largest absolute Gasteiger partial charge is 0.490 e. The van der Waals surface area contributed by atoms with E-state index in [1.54, 1.807) is 0 Å². The molecule has 1 aromatic carbocycles. The Morgan fingerprint density at radius 3 is 2.50 bits per heavy atom. The van der Waals surface area contributed by atoms with Crippen molar-refractivity contribution in [1.29, 1.82) is 0 Å². The maximum absolute atomic E-state index is 10.6. The number of aryl methyl sites for hydroxylation is 1. The standard InChI is InChI=1S/C22H26N8O.C2HF3O2/c1-3-30-20-15(12-29-10-9-16(13-29)24-2)11-25-17(14-7-5-4-6-8-14)18(20)26-22(30)19-21(23)28-31-27-19;3-2(4,5)1(6)7/h4-8,11,16,24H,3,9-10,12-13H2,1-2H3,(H2,23,28);(H,6,7). The van der Waals surface area contributed by atoms with Crippen LogP contribution < -0.4 is 11.1 Å². The first kappa shape index (κ1) is 27.0. The second kappa shape index (κ2) is 11.1. The Balaban J connectivity index is 0.000000426. The molecule has 3 aromatic heterocycles. The number of carboxylic acid groups (broad SMARTS) is 1. The van der Waals surface area contributed by atoms with Crippen LogP contribution in [0.1, 0.15) is 18.9 Å². The van der Waals surface area contributed by atoms with Crippen LogP contribution in [0.4, 0.5) is 19.0 Å². The molecule has 0 radical (unpaired) electrons. The summed E-state index contributed by atoms with van der Waals surface area (Å²) in [5.74, 6) is -1.87. The lowest BCUT2D eigenvalue weighted by Crippen LogP contribution is -2.29. The van der Waals surface area contributed by atoms with E-state index >= 15 is 0 Å². The van der Waals surface area contributed by atoms with Crippen molar-refractivity contribution >= 4 is 22.8 Å². The van der Waals surface area contributed by atoms with Gasteiger partial charge in [0, 0.05) is 49.5 Å². The number of hydrogen-bond donors (Lipinski definition) is 3. The van der Waals surface area contributed by atoms with Crippen molar-refractivity contribution in [2.45, 2.75) is 38.7 Å². The van der Waals surface area contributed by atoms with Gasteiger partial charge in [-0.1, -0.05) is 30.3 Å². The number of carbonyl (C=O) groups is 1. The summed E-state index contributed by atoms with van der Waals surface area (Å²) in [5, 5.41) is 18.3. The van der Waals surface area contributed by atoms with Crippen molar-refractivity contribution in [3.8, 4) is 22.8 Å². The monoisotopic (exact) mass is 532 g/mol. The van der Waals surface area contributed by atoms with E-state index in [-0.39, 0.29) is 5.82 Å². The van der Waals surface area contributed by atoms with Crippen molar-refractivity contribution in [2.75, 3.05) is 25.9 Å². The van der Waals surface area contributed by atoms with Crippen LogP contribution in [-0.2, 0) is 17.9 Å². The number of anilines is 1. The van der Waals surface area contributed by atoms with Crippen LogP contribution in [0.2, 0.25) is 0 Å². The molecule has 1 saturated heterocycles. The molecule has 0 amide bonds. The van der Waals surface area contributed by atoms with E-state index in [2.05, 4.69) is 44.2 Å². The van der Waals surface area contributed by atoms with Gasteiger partial charge in [-0.05, 0) is 30.7 Å². The molecule has 1 aliphatic rings. The number of rotatable bonds is 6. The molecule has 11 nitrogen and oxygen atoms in total. The summed E-state index contributed by atoms with van der Waals surface area (Å²) in [6.45, 7) is 5.69. The Hall–Kier alpha value is -4.04. The zero-order valence-electron chi connectivity index (χ0n) is 20.7. The van der Waals surface area contributed by atoms with Gasteiger partial charge in [-0.25, -0.2) is 14.4 Å². The zero-order chi connectivity index (χ0) is 27.4. The molecule has 1 atom stereocenters. The maximum atomic E-state index is 10.6. The molecule has 4 aromatic rings. The fourth-order valence-electron chi connectivity index (χ4n) is 4.42. The molecule has 1 fully saturated rings. The number of nitrogen functional groups attached to an aromatic ring is 1. The lowest BCUT2D eigenvalue weighted by Gasteiger charge is -2.18. The Labute approximate surface area is 215 Å². The summed E-state index contributed by atoms with van der Waals surface area (Å²) in [4.78, 5) is 21.2. The molecule has 4 N–H and O–H groups in total. The number of hydrogen-bond acceptors (Lipinski definition) is 9. The van der Waals surface area contributed by atoms with Crippen molar-refractivity contribution in [3.05, 3.63) is 42.1 Å². The number of likely N-dealkylation sites (tertiary alicyclic amines) is 1. The van der Waals surface area contributed by atoms with Crippen LogP contribution in [0.25, 0.3) is 33.8 Å². The number of aliphatic carboxylic acids is 1. The number of imidazole rings is 1. The second-order valence-corrected chi connectivity index (χ2v) is 8.69. The molecular formula is C24H27F3N8O3. The molecule has 202 valence electrons. The van der Waals surface area contributed by atoms with Gasteiger partial charge in [-0.2, -0.15) is 13.2 Å². The molecule has 0 saturated carbocycles. The molecule has 4 heterocycles. The van der Waals surface area contributed by atoms with Crippen molar-refractivity contribution in [1.82, 2.24) is 35.1 Å². The molecular weight excluding hydrogens is 505 g/mol. The molecule has 0 spiro atoms. The second-order valence-electron chi connectivity index (χ2n) is 8.69. The number of halogens is 3. The topological polar surface area (TPSA) is 148 Å². The summed E-state index contributed by atoms with van der Waals surface area (Å²) >= 11 is 0. The quantitative estimate of drug-likeness (QED) is 0.338. The first-order valence-electron chi connectivity index (χ1n) is 11.9. The fourth-order valence-corrected chi connectivity index (χ4v) is 4.42. The Kier molecular flexibility index (Phi) is 7.92. The number of fused-ring (bicyclic) bond motifs is 1. The smallest absolute Gasteiger partial charge is 0.475 e. The average Bonchev–Trinajstić information content (AvgIpc) is 3.62. The molecule has 38 heavy (non-hydrogen) atoms. The molecule has 1 unspecified atom stereocenters. The van der Waals surface area contributed by atoms with Gasteiger partial charge < -0.3 is 20.7 Å². The number of pyridine rings is 1. The fraction of sp³-hybridized carbons (Fsp3) is 0.375. The lowest BCUT2D eigenvalue weighted by atomic mass is 10.1. The van der Waals surface area contributed by atoms with Crippen LogP contribution in [0.3, 0.4) is 0 Å². The van der Waals surface area contributed by atoms with Crippen LogP contribution in [0, 0.1) is 0 Å². The highest BCUT2D eigenvalue weighted by atomic mass is 19.4. The number of carboxylic acids is 1. The number of nitrogens with two attached hydrogens (primary N) is 1. The Bertz CT molecular complexity index is 1400. The minimum absolute atomic E-state index is 0.234. The van der Waals surface area contributed by atoms with Crippen molar-refractivity contribution in [2.24, 2.45) is 0 Å². The molecule has 0 aliphatic carbocycles. The number of benzene rings is 1. The number of alkyl halides is 3. The van der Waals surface area contributed by atoms with E-state index in [4.69, 9.17) is 30.2 Å². The number of nitrogens with zero attached hydrogens (tertiary/aromatic N) is 6. The third kappa shape index (κ3) is 5.60. The molecule has 14 heteroatoms. The Morgan fingerprint density at radius 1 is 1.24 bits per heavy atom. The third-order valence-electron chi connectivity index (χ3n) is 6.25. The minimum Gasteiger partial charge on any atom is -0.475 e. The lowest BCUT2D eigenvalue weighted by molar-refractivity contribution is -0.192. The van der Waals surface area contributed by atoms with Crippen molar-refractivity contribution < 1.29 is 27.7 Å². The van der Waals surface area contributed by atoms with Crippen LogP contribution in [-0.4, -0.2) is 73.2 Å². The minimum atomic E-state index is -5.08. The van der Waals surface area contributed by atoms with E-state index in [1.165, 1.54) is 0 Å². The van der Waals surface area contributed by atoms with Gasteiger partial charge in [-0.3, -0.25) is 9.88 Å². The highest BCUT2D eigenvalue weighted by Crippen LogP contribution is 2.34. The van der Waals surface area contributed by atoms with Gasteiger partial charge in [0.15, 0.2) is 17.3 Å². The van der Waals surface area contributed by atoms with Crippen LogP contribution in [0.5, 0.6) is 0 Å². The van der Waals surface area contributed by atoms with Gasteiger partial charge in [0.1, 0.15) is 5.52 Å². The summed E-state index contributed by atoms with van der Waals surface area (Å²) in [6, 6.07) is 10.6. The SMILES string of the molecule is CCn1c(-c2nonc2N)nc2c(-c3ccccc3)ncc(CN3CCC(NC)C3)c21.O=C(O)C(F)(F)F. The predicted octanol–water partition coefficient (Wildman–Crippen LogP) is 3.18. The number of aromatic nitrogens is 5. The van der Waals surface area contributed by atoms with Gasteiger partial charge >= 0.3 is 12.1 Å². The van der Waals surface area contributed by atoms with Gasteiger partial charge in [0.05, 0.1) is 11.2 Å². The summed E-state index contributed by atoms with van der Waals surface area (Å²) in [5.41, 5.74) is 11.4. The zero-order valence-corrected chi connectivity index (χ0v) is 20.7. The summed E-state index contributed by atoms with van der Waals surface area (Å²) < 4.78 is 38.7. The van der Waals surface area contributed by atoms with Crippen LogP contribution in [0.15, 0.2) is 41.2 Å². The first-order chi connectivity index (χ1) is 18.1. The highest BCUT2D eigenvalue weighted by Gasteiger charge is 2.38.